The quantitative estimate of drug-likeness (QED) is 0.244. The van der Waals surface area contributed by atoms with Crippen LogP contribution >= 0.6 is 0 Å². The zero-order chi connectivity index (χ0) is 19.5. The second-order valence-corrected chi connectivity index (χ2v) is 7.06. The Morgan fingerprint density at radius 2 is 1.54 bits per heavy atom. The van der Waals surface area contributed by atoms with Gasteiger partial charge in [-0.25, -0.2) is 0 Å². The van der Waals surface area contributed by atoms with E-state index in [1.165, 1.54) is 44.9 Å². The Kier molecular flexibility index (Phi) is 17.5. The van der Waals surface area contributed by atoms with Crippen molar-refractivity contribution in [2.75, 3.05) is 6.54 Å². The van der Waals surface area contributed by atoms with Gasteiger partial charge in [-0.05, 0) is 51.4 Å². The van der Waals surface area contributed by atoms with Gasteiger partial charge in [0.05, 0.1) is 0 Å². The molecular weight excluding hydrogens is 328 g/mol. The first kappa shape index (κ1) is 24.6. The average molecular weight is 369 g/mol. The molecule has 1 amide bonds. The molecule has 0 aliphatic carbocycles. The minimum atomic E-state index is -0.963. The summed E-state index contributed by atoms with van der Waals surface area (Å²) in [5.41, 5.74) is 5.42. The first-order valence-corrected chi connectivity index (χ1v) is 10.5. The summed E-state index contributed by atoms with van der Waals surface area (Å²) >= 11 is 0. The van der Waals surface area contributed by atoms with Crippen molar-refractivity contribution in [3.8, 4) is 0 Å². The minimum absolute atomic E-state index is 0.0867. The first-order valence-electron chi connectivity index (χ1n) is 10.5. The molecule has 0 aromatic heterocycles. The molecule has 0 heterocycles. The van der Waals surface area contributed by atoms with E-state index in [9.17, 15) is 9.59 Å². The van der Waals surface area contributed by atoms with E-state index in [4.69, 9.17) is 10.8 Å². The van der Waals surface area contributed by atoms with Crippen LogP contribution in [-0.4, -0.2) is 29.6 Å². The second-order valence-electron chi connectivity index (χ2n) is 7.06. The van der Waals surface area contributed by atoms with Crippen LogP contribution in [-0.2, 0) is 9.59 Å². The van der Waals surface area contributed by atoms with E-state index in [-0.39, 0.29) is 5.91 Å². The number of unbranched alkanes of at least 4 members (excludes halogenated alkanes) is 9. The fourth-order valence-electron chi connectivity index (χ4n) is 2.75. The summed E-state index contributed by atoms with van der Waals surface area (Å²) in [7, 11) is 0. The molecule has 0 saturated heterocycles. The molecule has 0 aliphatic rings. The van der Waals surface area contributed by atoms with Crippen molar-refractivity contribution in [1.82, 2.24) is 5.32 Å². The number of carbonyl (C=O) groups is 2. The number of allylic oxidation sites excluding steroid dienone is 2. The summed E-state index contributed by atoms with van der Waals surface area (Å²) < 4.78 is 0. The molecule has 152 valence electrons. The van der Waals surface area contributed by atoms with Gasteiger partial charge in [-0.2, -0.15) is 0 Å². The summed E-state index contributed by atoms with van der Waals surface area (Å²) in [6.45, 7) is 2.84. The molecule has 0 aromatic carbocycles. The molecule has 0 spiro atoms. The molecule has 0 bridgehead atoms. The average Bonchev–Trinajstić information content (AvgIpc) is 2.62. The molecule has 26 heavy (non-hydrogen) atoms. The van der Waals surface area contributed by atoms with E-state index in [1.807, 2.05) is 0 Å². The van der Waals surface area contributed by atoms with Crippen molar-refractivity contribution in [3.63, 3.8) is 0 Å². The van der Waals surface area contributed by atoms with E-state index in [2.05, 4.69) is 24.4 Å². The molecule has 0 aromatic rings. The van der Waals surface area contributed by atoms with Crippen molar-refractivity contribution in [2.45, 2.75) is 103 Å². The van der Waals surface area contributed by atoms with Gasteiger partial charge in [-0.15, -0.1) is 0 Å². The predicted molar refractivity (Wildman–Crippen MR) is 108 cm³/mol. The molecule has 5 nitrogen and oxygen atoms in total. The number of carboxylic acids is 1. The Hall–Kier alpha value is -1.36. The molecule has 1 atom stereocenters. The zero-order valence-electron chi connectivity index (χ0n) is 16.7. The number of hydrogen-bond acceptors (Lipinski definition) is 3. The van der Waals surface area contributed by atoms with E-state index in [1.54, 1.807) is 0 Å². The standard InChI is InChI=1S/C21H40N2O3/c1-2-3-4-5-6-7-8-9-10-11-12-13-17-20(24)23-18-15-14-16-19(22)21(25)26/h9-10,19H,2-8,11-18,22H2,1H3,(H,23,24)(H,25,26)/b10-9+/t19-/m0/s1. The molecule has 0 fully saturated rings. The van der Waals surface area contributed by atoms with Gasteiger partial charge in [-0.3, -0.25) is 9.59 Å². The number of rotatable bonds is 18. The van der Waals surface area contributed by atoms with E-state index < -0.39 is 12.0 Å². The fraction of sp³-hybridized carbons (Fsp3) is 0.810. The SMILES string of the molecule is CCCCCCCC/C=C/CCCCC(=O)NCCCC[C@H](N)C(=O)O. The highest BCUT2D eigenvalue weighted by atomic mass is 16.4. The maximum Gasteiger partial charge on any atom is 0.320 e. The fourth-order valence-corrected chi connectivity index (χ4v) is 2.75. The van der Waals surface area contributed by atoms with Crippen molar-refractivity contribution in [2.24, 2.45) is 5.73 Å². The lowest BCUT2D eigenvalue weighted by atomic mass is 10.1. The lowest BCUT2D eigenvalue weighted by Crippen LogP contribution is -2.30. The molecule has 0 rings (SSSR count). The van der Waals surface area contributed by atoms with Crippen molar-refractivity contribution >= 4 is 11.9 Å². The smallest absolute Gasteiger partial charge is 0.320 e. The molecule has 0 saturated carbocycles. The molecule has 5 heteroatoms. The van der Waals surface area contributed by atoms with Gasteiger partial charge >= 0.3 is 5.97 Å². The highest BCUT2D eigenvalue weighted by Crippen LogP contribution is 2.08. The van der Waals surface area contributed by atoms with Crippen LogP contribution in [0.5, 0.6) is 0 Å². The Balaban J connectivity index is 3.33. The molecule has 0 unspecified atom stereocenters. The largest absolute Gasteiger partial charge is 0.480 e. The van der Waals surface area contributed by atoms with Gasteiger partial charge in [-0.1, -0.05) is 51.2 Å². The maximum absolute atomic E-state index is 11.7. The Bertz CT molecular complexity index is 383. The molecule has 4 N–H and O–H groups in total. The van der Waals surface area contributed by atoms with Crippen molar-refractivity contribution in [1.29, 1.82) is 0 Å². The number of carbonyl (C=O) groups excluding carboxylic acids is 1. The third-order valence-corrected chi connectivity index (χ3v) is 4.50. The summed E-state index contributed by atoms with van der Waals surface area (Å²) in [4.78, 5) is 22.2. The highest BCUT2D eigenvalue weighted by molar-refractivity contribution is 5.75. The monoisotopic (exact) mass is 368 g/mol. The second kappa shape index (κ2) is 18.4. The van der Waals surface area contributed by atoms with Crippen LogP contribution < -0.4 is 11.1 Å². The van der Waals surface area contributed by atoms with Crippen LogP contribution in [0.25, 0.3) is 0 Å². The first-order chi connectivity index (χ1) is 12.6. The summed E-state index contributed by atoms with van der Waals surface area (Å²) in [6, 6.07) is -0.792. The molecular formula is C21H40N2O3. The Morgan fingerprint density at radius 1 is 0.923 bits per heavy atom. The lowest BCUT2D eigenvalue weighted by molar-refractivity contribution is -0.138. The lowest BCUT2D eigenvalue weighted by Gasteiger charge is -2.07. The number of carboxylic acid groups (broad SMARTS) is 1. The number of nitrogens with two attached hydrogens (primary N) is 1. The maximum atomic E-state index is 11.7. The topological polar surface area (TPSA) is 92.4 Å². The Morgan fingerprint density at radius 3 is 2.19 bits per heavy atom. The number of amides is 1. The van der Waals surface area contributed by atoms with Gasteiger partial charge in [0.1, 0.15) is 6.04 Å². The van der Waals surface area contributed by atoms with Crippen LogP contribution in [0.1, 0.15) is 96.8 Å². The van der Waals surface area contributed by atoms with Crippen LogP contribution in [0.3, 0.4) is 0 Å². The van der Waals surface area contributed by atoms with Gasteiger partial charge in [0.15, 0.2) is 0 Å². The zero-order valence-corrected chi connectivity index (χ0v) is 16.7. The van der Waals surface area contributed by atoms with Crippen LogP contribution in [0.2, 0.25) is 0 Å². The van der Waals surface area contributed by atoms with Gasteiger partial charge in [0.2, 0.25) is 5.91 Å². The third-order valence-electron chi connectivity index (χ3n) is 4.50. The molecule has 0 radical (unpaired) electrons. The predicted octanol–water partition coefficient (Wildman–Crippen LogP) is 4.55. The number of nitrogens with one attached hydrogen (secondary N) is 1. The van der Waals surface area contributed by atoms with E-state index >= 15 is 0 Å². The summed E-state index contributed by atoms with van der Waals surface area (Å²) in [6.07, 6.45) is 19.3. The minimum Gasteiger partial charge on any atom is -0.480 e. The highest BCUT2D eigenvalue weighted by Gasteiger charge is 2.10. The van der Waals surface area contributed by atoms with Gasteiger partial charge in [0.25, 0.3) is 0 Å². The van der Waals surface area contributed by atoms with Crippen LogP contribution in [0, 0.1) is 0 Å². The van der Waals surface area contributed by atoms with E-state index in [0.717, 1.165) is 32.1 Å². The summed E-state index contributed by atoms with van der Waals surface area (Å²) in [5, 5.41) is 11.5. The van der Waals surface area contributed by atoms with Gasteiger partial charge in [0, 0.05) is 13.0 Å². The number of aliphatic carboxylic acids is 1. The van der Waals surface area contributed by atoms with Crippen molar-refractivity contribution in [3.05, 3.63) is 12.2 Å². The Labute approximate surface area is 159 Å². The molecule has 0 aliphatic heterocycles. The van der Waals surface area contributed by atoms with Crippen LogP contribution in [0.4, 0.5) is 0 Å². The van der Waals surface area contributed by atoms with Crippen molar-refractivity contribution < 1.29 is 14.7 Å². The van der Waals surface area contributed by atoms with Crippen LogP contribution in [0.15, 0.2) is 12.2 Å². The normalized spacial score (nSPS) is 12.4. The number of hydrogen-bond donors (Lipinski definition) is 3. The van der Waals surface area contributed by atoms with E-state index in [0.29, 0.717) is 19.4 Å². The summed E-state index contributed by atoms with van der Waals surface area (Å²) in [5.74, 6) is -0.876. The third kappa shape index (κ3) is 17.5. The van der Waals surface area contributed by atoms with Gasteiger partial charge < -0.3 is 16.2 Å².